The summed E-state index contributed by atoms with van der Waals surface area (Å²) in [7, 11) is 0. The molecule has 0 aromatic carbocycles. The van der Waals surface area contributed by atoms with Crippen molar-refractivity contribution < 1.29 is 4.42 Å². The molecule has 1 N–H and O–H groups in total. The molecular weight excluding hydrogens is 226 g/mol. The molecule has 1 saturated heterocycles. The van der Waals surface area contributed by atoms with E-state index < -0.39 is 0 Å². The van der Waals surface area contributed by atoms with Crippen LogP contribution in [0.1, 0.15) is 46.2 Å². The summed E-state index contributed by atoms with van der Waals surface area (Å²) >= 11 is 0. The summed E-state index contributed by atoms with van der Waals surface area (Å²) in [6.45, 7) is 11.6. The lowest BCUT2D eigenvalue weighted by Crippen LogP contribution is -2.35. The Bertz CT molecular complexity index is 381. The van der Waals surface area contributed by atoms with Crippen LogP contribution in [0.3, 0.4) is 0 Å². The van der Waals surface area contributed by atoms with Gasteiger partial charge in [0, 0.05) is 25.2 Å². The molecule has 0 spiro atoms. The van der Waals surface area contributed by atoms with E-state index in [1.54, 1.807) is 6.26 Å². The molecule has 1 aliphatic rings. The molecule has 0 saturated carbocycles. The summed E-state index contributed by atoms with van der Waals surface area (Å²) in [5.74, 6) is 0.738. The lowest BCUT2D eigenvalue weighted by molar-refractivity contribution is 0.416. The molecule has 0 amide bonds. The maximum atomic E-state index is 5.59. The van der Waals surface area contributed by atoms with Crippen LogP contribution in [0.25, 0.3) is 0 Å². The average molecular weight is 251 g/mol. The molecule has 1 unspecified atom stereocenters. The number of aromatic nitrogens is 1. The van der Waals surface area contributed by atoms with Crippen LogP contribution in [-0.4, -0.2) is 23.6 Å². The maximum absolute atomic E-state index is 5.59. The van der Waals surface area contributed by atoms with Crippen molar-refractivity contribution in [3.8, 4) is 0 Å². The second kappa shape index (κ2) is 5.31. The number of piperidine rings is 1. The fraction of sp³-hybridized carbons (Fsp3) is 0.786. The summed E-state index contributed by atoms with van der Waals surface area (Å²) in [5.41, 5.74) is 1.09. The molecule has 1 aromatic rings. The van der Waals surface area contributed by atoms with Crippen LogP contribution in [0.5, 0.6) is 0 Å². The van der Waals surface area contributed by atoms with Crippen LogP contribution in [0.4, 0.5) is 6.01 Å². The first kappa shape index (κ1) is 13.4. The van der Waals surface area contributed by atoms with Crippen molar-refractivity contribution in [2.45, 2.75) is 52.6 Å². The Labute approximate surface area is 110 Å². The van der Waals surface area contributed by atoms with Crippen molar-refractivity contribution in [3.05, 3.63) is 12.0 Å². The largest absolute Gasteiger partial charge is 0.432 e. The quantitative estimate of drug-likeness (QED) is 0.897. The van der Waals surface area contributed by atoms with E-state index in [1.165, 1.54) is 12.8 Å². The third kappa shape index (κ3) is 3.73. The van der Waals surface area contributed by atoms with Gasteiger partial charge >= 0.3 is 0 Å². The number of anilines is 1. The van der Waals surface area contributed by atoms with Gasteiger partial charge in [-0.1, -0.05) is 6.92 Å². The van der Waals surface area contributed by atoms with Gasteiger partial charge in [0.25, 0.3) is 6.01 Å². The van der Waals surface area contributed by atoms with Gasteiger partial charge in [0.1, 0.15) is 6.26 Å². The first-order valence-electron chi connectivity index (χ1n) is 6.88. The highest BCUT2D eigenvalue weighted by molar-refractivity contribution is 5.27. The third-order valence-electron chi connectivity index (χ3n) is 3.27. The van der Waals surface area contributed by atoms with Gasteiger partial charge in [-0.25, -0.2) is 0 Å². The van der Waals surface area contributed by atoms with Crippen molar-refractivity contribution in [3.63, 3.8) is 0 Å². The fourth-order valence-corrected chi connectivity index (χ4v) is 2.24. The molecule has 4 nitrogen and oxygen atoms in total. The van der Waals surface area contributed by atoms with Gasteiger partial charge in [-0.15, -0.1) is 0 Å². The Morgan fingerprint density at radius 1 is 1.50 bits per heavy atom. The number of hydrogen-bond donors (Lipinski definition) is 1. The zero-order valence-electron chi connectivity index (χ0n) is 12.0. The molecule has 1 atom stereocenters. The number of nitrogens with one attached hydrogen (secondary N) is 1. The first-order valence-corrected chi connectivity index (χ1v) is 6.88. The van der Waals surface area contributed by atoms with Gasteiger partial charge in [0.05, 0.1) is 5.69 Å². The monoisotopic (exact) mass is 251 g/mol. The Hall–Kier alpha value is -1.03. The summed E-state index contributed by atoms with van der Waals surface area (Å²) in [6, 6.07) is 0.784. The van der Waals surface area contributed by atoms with Gasteiger partial charge in [0.2, 0.25) is 0 Å². The summed E-state index contributed by atoms with van der Waals surface area (Å²) in [6.07, 6.45) is 4.32. The molecule has 18 heavy (non-hydrogen) atoms. The van der Waals surface area contributed by atoms with E-state index in [-0.39, 0.29) is 5.54 Å². The van der Waals surface area contributed by atoms with Crippen LogP contribution in [0, 0.1) is 5.92 Å². The topological polar surface area (TPSA) is 41.3 Å². The SMILES string of the molecule is CC1CCCN(c2nc(CNC(C)(C)C)co2)C1. The van der Waals surface area contributed by atoms with Crippen LogP contribution in [-0.2, 0) is 6.54 Å². The Morgan fingerprint density at radius 3 is 2.94 bits per heavy atom. The smallest absolute Gasteiger partial charge is 0.297 e. The van der Waals surface area contributed by atoms with Crippen molar-refractivity contribution in [1.29, 1.82) is 0 Å². The van der Waals surface area contributed by atoms with Crippen molar-refractivity contribution in [1.82, 2.24) is 10.3 Å². The maximum Gasteiger partial charge on any atom is 0.297 e. The minimum absolute atomic E-state index is 0.110. The number of oxazole rings is 1. The van der Waals surface area contributed by atoms with Gasteiger partial charge in [-0.2, -0.15) is 4.98 Å². The molecule has 1 aliphatic heterocycles. The predicted octanol–water partition coefficient (Wildman–Crippen LogP) is 2.80. The lowest BCUT2D eigenvalue weighted by atomic mass is 10.0. The molecule has 1 fully saturated rings. The number of hydrogen-bond acceptors (Lipinski definition) is 4. The third-order valence-corrected chi connectivity index (χ3v) is 3.27. The minimum atomic E-state index is 0.110. The highest BCUT2D eigenvalue weighted by atomic mass is 16.4. The fourth-order valence-electron chi connectivity index (χ4n) is 2.24. The van der Waals surface area contributed by atoms with Gasteiger partial charge in [-0.05, 0) is 39.5 Å². The Kier molecular flexibility index (Phi) is 3.95. The number of nitrogens with zero attached hydrogens (tertiary/aromatic N) is 2. The van der Waals surface area contributed by atoms with Crippen LogP contribution in [0.15, 0.2) is 10.7 Å². The molecule has 0 radical (unpaired) electrons. The summed E-state index contributed by atoms with van der Waals surface area (Å²) in [5, 5.41) is 3.42. The van der Waals surface area contributed by atoms with E-state index in [9.17, 15) is 0 Å². The summed E-state index contributed by atoms with van der Waals surface area (Å²) in [4.78, 5) is 6.83. The van der Waals surface area contributed by atoms with Gasteiger partial charge in [-0.3, -0.25) is 0 Å². The highest BCUT2D eigenvalue weighted by Crippen LogP contribution is 2.22. The molecule has 0 aliphatic carbocycles. The molecule has 0 bridgehead atoms. The van der Waals surface area contributed by atoms with Gasteiger partial charge in [0.15, 0.2) is 0 Å². The highest BCUT2D eigenvalue weighted by Gasteiger charge is 2.20. The van der Waals surface area contributed by atoms with E-state index in [4.69, 9.17) is 4.42 Å². The molecule has 2 rings (SSSR count). The molecule has 2 heterocycles. The zero-order chi connectivity index (χ0) is 13.2. The molecular formula is C14H25N3O. The van der Waals surface area contributed by atoms with Crippen LogP contribution < -0.4 is 10.2 Å². The second-order valence-electron chi connectivity index (χ2n) is 6.42. The van der Waals surface area contributed by atoms with Crippen molar-refractivity contribution in [2.24, 2.45) is 5.92 Å². The second-order valence-corrected chi connectivity index (χ2v) is 6.42. The average Bonchev–Trinajstić information content (AvgIpc) is 2.74. The van der Waals surface area contributed by atoms with Crippen molar-refractivity contribution >= 4 is 6.01 Å². The van der Waals surface area contributed by atoms with E-state index in [1.807, 2.05) is 0 Å². The zero-order valence-corrected chi connectivity index (χ0v) is 12.0. The predicted molar refractivity (Wildman–Crippen MR) is 73.7 cm³/mol. The standard InChI is InChI=1S/C14H25N3O/c1-11-6-5-7-17(9-11)13-16-12(10-18-13)8-15-14(2,3)4/h10-11,15H,5-9H2,1-4H3. The van der Waals surface area contributed by atoms with Gasteiger partial charge < -0.3 is 14.6 Å². The van der Waals surface area contributed by atoms with E-state index in [2.05, 4.69) is 42.9 Å². The van der Waals surface area contributed by atoms with E-state index in [0.29, 0.717) is 0 Å². The normalized spacial score (nSPS) is 21.3. The molecule has 4 heteroatoms. The Morgan fingerprint density at radius 2 is 2.28 bits per heavy atom. The first-order chi connectivity index (χ1) is 8.44. The van der Waals surface area contributed by atoms with Crippen molar-refractivity contribution in [2.75, 3.05) is 18.0 Å². The number of rotatable bonds is 3. The van der Waals surface area contributed by atoms with Crippen LogP contribution >= 0.6 is 0 Å². The summed E-state index contributed by atoms with van der Waals surface area (Å²) < 4.78 is 5.59. The lowest BCUT2D eigenvalue weighted by Gasteiger charge is -2.29. The van der Waals surface area contributed by atoms with E-state index in [0.717, 1.165) is 37.3 Å². The minimum Gasteiger partial charge on any atom is -0.432 e. The molecule has 102 valence electrons. The Balaban J connectivity index is 1.93. The van der Waals surface area contributed by atoms with Crippen LogP contribution in [0.2, 0.25) is 0 Å². The molecule has 1 aromatic heterocycles. The van der Waals surface area contributed by atoms with E-state index >= 15 is 0 Å².